The highest BCUT2D eigenvalue weighted by molar-refractivity contribution is 5.95. The number of benzene rings is 2. The lowest BCUT2D eigenvalue weighted by Gasteiger charge is -2.42. The van der Waals surface area contributed by atoms with Crippen LogP contribution in [0.15, 0.2) is 42.5 Å². The summed E-state index contributed by atoms with van der Waals surface area (Å²) >= 11 is 0. The minimum atomic E-state index is -0.179. The minimum Gasteiger partial charge on any atom is -0.508 e. The molecule has 2 aliphatic heterocycles. The second-order valence-electron chi connectivity index (χ2n) is 10.5. The van der Waals surface area contributed by atoms with Crippen LogP contribution in [0.5, 0.6) is 5.75 Å². The van der Waals surface area contributed by atoms with Gasteiger partial charge in [-0.25, -0.2) is 0 Å². The normalized spacial score (nSPS) is 18.1. The van der Waals surface area contributed by atoms with Crippen LogP contribution >= 0.6 is 0 Å². The molecule has 0 radical (unpaired) electrons. The van der Waals surface area contributed by atoms with Crippen molar-refractivity contribution in [3.63, 3.8) is 0 Å². The summed E-state index contributed by atoms with van der Waals surface area (Å²) in [5.41, 5.74) is 3.93. The quantitative estimate of drug-likeness (QED) is 0.576. The van der Waals surface area contributed by atoms with Gasteiger partial charge in [0.15, 0.2) is 0 Å². The molecule has 37 heavy (non-hydrogen) atoms. The maximum atomic E-state index is 13.1. The SMILES string of the molecule is CC#CC(CC(=O)NC1CCN(C2CCN(C(=O)c3cc(C)ccc3C)CC2)CC1)c1ccc(O)cc1. The molecular formula is C31H39N3O3. The number of hydrogen-bond acceptors (Lipinski definition) is 4. The summed E-state index contributed by atoms with van der Waals surface area (Å²) < 4.78 is 0. The molecular weight excluding hydrogens is 462 g/mol. The van der Waals surface area contributed by atoms with Crippen LogP contribution in [-0.2, 0) is 4.79 Å². The molecule has 0 saturated carbocycles. The third-order valence-electron chi connectivity index (χ3n) is 7.79. The van der Waals surface area contributed by atoms with Gasteiger partial charge in [-0.2, -0.15) is 0 Å². The molecule has 2 saturated heterocycles. The van der Waals surface area contributed by atoms with Gasteiger partial charge in [0.1, 0.15) is 5.75 Å². The number of phenolic OH excluding ortho intramolecular Hbond substituents is 1. The molecule has 2 aliphatic rings. The monoisotopic (exact) mass is 501 g/mol. The maximum absolute atomic E-state index is 13.1. The maximum Gasteiger partial charge on any atom is 0.254 e. The van der Waals surface area contributed by atoms with Crippen LogP contribution in [0.4, 0.5) is 0 Å². The number of aryl methyl sites for hydroxylation is 2. The summed E-state index contributed by atoms with van der Waals surface area (Å²) in [6, 6.07) is 13.7. The van der Waals surface area contributed by atoms with E-state index in [-0.39, 0.29) is 29.5 Å². The Morgan fingerprint density at radius 2 is 1.68 bits per heavy atom. The van der Waals surface area contributed by atoms with E-state index in [4.69, 9.17) is 0 Å². The van der Waals surface area contributed by atoms with E-state index in [1.165, 1.54) is 0 Å². The Balaban J connectivity index is 1.22. The highest BCUT2D eigenvalue weighted by Gasteiger charge is 2.31. The molecule has 4 rings (SSSR count). The number of aromatic hydroxyl groups is 1. The van der Waals surface area contributed by atoms with Gasteiger partial charge in [-0.15, -0.1) is 5.92 Å². The predicted molar refractivity (Wildman–Crippen MR) is 146 cm³/mol. The summed E-state index contributed by atoms with van der Waals surface area (Å²) in [5.74, 6) is 6.28. The smallest absolute Gasteiger partial charge is 0.254 e. The van der Waals surface area contributed by atoms with Crippen molar-refractivity contribution in [2.45, 2.75) is 70.9 Å². The van der Waals surface area contributed by atoms with Gasteiger partial charge in [0.2, 0.25) is 5.91 Å². The second-order valence-corrected chi connectivity index (χ2v) is 10.5. The molecule has 2 amide bonds. The summed E-state index contributed by atoms with van der Waals surface area (Å²) in [7, 11) is 0. The van der Waals surface area contributed by atoms with Gasteiger partial charge in [0.25, 0.3) is 5.91 Å². The Morgan fingerprint density at radius 1 is 1.00 bits per heavy atom. The van der Waals surface area contributed by atoms with Crippen LogP contribution < -0.4 is 5.32 Å². The molecule has 2 heterocycles. The van der Waals surface area contributed by atoms with Crippen molar-refractivity contribution in [3.8, 4) is 17.6 Å². The first kappa shape index (κ1) is 26.8. The lowest BCUT2D eigenvalue weighted by Crippen LogP contribution is -2.51. The molecule has 2 aromatic rings. The topological polar surface area (TPSA) is 72.9 Å². The zero-order chi connectivity index (χ0) is 26.4. The number of nitrogens with zero attached hydrogens (tertiary/aromatic N) is 2. The number of phenols is 1. The number of rotatable bonds is 6. The first-order chi connectivity index (χ1) is 17.8. The van der Waals surface area contributed by atoms with E-state index in [0.717, 1.165) is 74.1 Å². The summed E-state index contributed by atoms with van der Waals surface area (Å²) in [6.07, 6.45) is 4.20. The van der Waals surface area contributed by atoms with Gasteiger partial charge in [-0.3, -0.25) is 9.59 Å². The van der Waals surface area contributed by atoms with E-state index >= 15 is 0 Å². The fraction of sp³-hybridized carbons (Fsp3) is 0.484. The van der Waals surface area contributed by atoms with Gasteiger partial charge < -0.3 is 20.2 Å². The molecule has 1 unspecified atom stereocenters. The highest BCUT2D eigenvalue weighted by atomic mass is 16.3. The molecule has 0 aromatic heterocycles. The molecule has 2 N–H and O–H groups in total. The molecule has 0 aliphatic carbocycles. The zero-order valence-corrected chi connectivity index (χ0v) is 22.3. The molecule has 2 fully saturated rings. The highest BCUT2D eigenvalue weighted by Crippen LogP contribution is 2.25. The molecule has 0 bridgehead atoms. The van der Waals surface area contributed by atoms with Gasteiger partial charge in [-0.1, -0.05) is 35.7 Å². The van der Waals surface area contributed by atoms with Crippen LogP contribution in [-0.4, -0.2) is 65.0 Å². The van der Waals surface area contributed by atoms with E-state index in [1.54, 1.807) is 19.1 Å². The third-order valence-corrected chi connectivity index (χ3v) is 7.79. The average molecular weight is 502 g/mol. The number of hydrogen-bond donors (Lipinski definition) is 2. The number of likely N-dealkylation sites (tertiary alicyclic amines) is 2. The van der Waals surface area contributed by atoms with Crippen LogP contribution in [0.1, 0.15) is 72.0 Å². The molecule has 1 atom stereocenters. The lowest BCUT2D eigenvalue weighted by molar-refractivity contribution is -0.122. The lowest BCUT2D eigenvalue weighted by atomic mass is 9.94. The molecule has 2 aromatic carbocycles. The van der Waals surface area contributed by atoms with Crippen molar-refractivity contribution in [2.75, 3.05) is 26.2 Å². The van der Waals surface area contributed by atoms with Crippen LogP contribution in [0.2, 0.25) is 0 Å². The van der Waals surface area contributed by atoms with Gasteiger partial charge >= 0.3 is 0 Å². The van der Waals surface area contributed by atoms with Crippen molar-refractivity contribution in [1.82, 2.24) is 15.1 Å². The molecule has 196 valence electrons. The van der Waals surface area contributed by atoms with Gasteiger partial charge in [-0.05, 0) is 75.8 Å². The van der Waals surface area contributed by atoms with Crippen LogP contribution in [0.3, 0.4) is 0 Å². The van der Waals surface area contributed by atoms with Crippen molar-refractivity contribution in [3.05, 3.63) is 64.7 Å². The minimum absolute atomic E-state index is 0.0255. The zero-order valence-electron chi connectivity index (χ0n) is 22.3. The van der Waals surface area contributed by atoms with Crippen LogP contribution in [0, 0.1) is 25.7 Å². The third kappa shape index (κ3) is 6.93. The number of carbonyl (C=O) groups excluding carboxylic acids is 2. The Bertz CT molecular complexity index is 1150. The number of carbonyl (C=O) groups is 2. The fourth-order valence-corrected chi connectivity index (χ4v) is 5.58. The van der Waals surface area contributed by atoms with Crippen molar-refractivity contribution in [1.29, 1.82) is 0 Å². The number of piperidine rings is 2. The first-order valence-corrected chi connectivity index (χ1v) is 13.4. The molecule has 6 heteroatoms. The first-order valence-electron chi connectivity index (χ1n) is 13.4. The average Bonchev–Trinajstić information content (AvgIpc) is 2.90. The van der Waals surface area contributed by atoms with E-state index in [2.05, 4.69) is 28.1 Å². The largest absolute Gasteiger partial charge is 0.508 e. The molecule has 6 nitrogen and oxygen atoms in total. The summed E-state index contributed by atoms with van der Waals surface area (Å²) in [6.45, 7) is 9.35. The van der Waals surface area contributed by atoms with E-state index in [1.807, 2.05) is 43.0 Å². The van der Waals surface area contributed by atoms with Gasteiger partial charge in [0, 0.05) is 50.2 Å². The van der Waals surface area contributed by atoms with E-state index in [9.17, 15) is 14.7 Å². The summed E-state index contributed by atoms with van der Waals surface area (Å²) in [4.78, 5) is 30.4. The summed E-state index contributed by atoms with van der Waals surface area (Å²) in [5, 5.41) is 12.8. The van der Waals surface area contributed by atoms with Crippen LogP contribution in [0.25, 0.3) is 0 Å². The Hall–Kier alpha value is -3.30. The second kappa shape index (κ2) is 12.3. The Kier molecular flexibility index (Phi) is 8.89. The van der Waals surface area contributed by atoms with Crippen molar-refractivity contribution < 1.29 is 14.7 Å². The van der Waals surface area contributed by atoms with Gasteiger partial charge in [0.05, 0.1) is 5.92 Å². The fourth-order valence-electron chi connectivity index (χ4n) is 5.58. The Labute approximate surface area is 221 Å². The predicted octanol–water partition coefficient (Wildman–Crippen LogP) is 4.39. The molecule has 0 spiro atoms. The standard InChI is InChI=1S/C31H39N3O3/c1-4-5-25(24-8-10-28(35)11-9-24)21-30(36)32-26-12-16-33(17-13-26)27-14-18-34(19-15-27)31(37)29-20-22(2)6-7-23(29)3/h6-11,20,25-27,35H,12-19,21H2,1-3H3,(H,32,36). The number of nitrogens with one attached hydrogen (secondary N) is 1. The Morgan fingerprint density at radius 3 is 2.32 bits per heavy atom. The number of amides is 2. The van der Waals surface area contributed by atoms with E-state index in [0.29, 0.717) is 12.5 Å². The van der Waals surface area contributed by atoms with Crippen molar-refractivity contribution in [2.24, 2.45) is 0 Å². The van der Waals surface area contributed by atoms with Crippen molar-refractivity contribution >= 4 is 11.8 Å². The van der Waals surface area contributed by atoms with E-state index < -0.39 is 0 Å².